The van der Waals surface area contributed by atoms with Gasteiger partial charge in [0, 0.05) is 29.4 Å². The molecule has 3 N–H and O–H groups in total. The molecule has 0 bridgehead atoms. The van der Waals surface area contributed by atoms with Crippen molar-refractivity contribution in [3.05, 3.63) is 57.3 Å². The topological polar surface area (TPSA) is 76.7 Å². The average molecular weight is 307 g/mol. The molecule has 0 saturated heterocycles. The number of H-pyrrole nitrogens is 1. The second kappa shape index (κ2) is 4.98. The van der Waals surface area contributed by atoms with E-state index in [2.05, 4.69) is 10.2 Å². The van der Waals surface area contributed by atoms with Gasteiger partial charge in [0.2, 0.25) is 0 Å². The molecule has 0 aliphatic carbocycles. The van der Waals surface area contributed by atoms with E-state index in [0.29, 0.717) is 11.5 Å². The number of halogens is 2. The van der Waals surface area contributed by atoms with Crippen LogP contribution in [0, 0.1) is 5.82 Å². The Balaban J connectivity index is 2.52. The first kappa shape index (κ1) is 13.8. The molecule has 0 fully saturated rings. The lowest BCUT2D eigenvalue weighted by Gasteiger charge is -2.15. The summed E-state index contributed by atoms with van der Waals surface area (Å²) in [6.07, 6.45) is 1.59. The van der Waals surface area contributed by atoms with Crippen molar-refractivity contribution in [3.8, 4) is 5.82 Å². The van der Waals surface area contributed by atoms with E-state index in [9.17, 15) is 9.18 Å². The molecule has 0 saturated carbocycles. The van der Waals surface area contributed by atoms with E-state index in [0.717, 1.165) is 0 Å². The molecule has 3 rings (SSSR count). The number of aromatic nitrogens is 3. The molecule has 3 aromatic rings. The minimum atomic E-state index is -0.512. The molecule has 0 unspecified atom stereocenters. The van der Waals surface area contributed by atoms with Crippen LogP contribution in [0.25, 0.3) is 16.6 Å². The normalized spacial score (nSPS) is 12.8. The zero-order chi connectivity index (χ0) is 15.1. The van der Waals surface area contributed by atoms with Gasteiger partial charge in [0.1, 0.15) is 5.82 Å². The number of pyridine rings is 1. The monoisotopic (exact) mass is 306 g/mol. The first-order valence-corrected chi connectivity index (χ1v) is 6.68. The Morgan fingerprint density at radius 3 is 2.81 bits per heavy atom. The fourth-order valence-corrected chi connectivity index (χ4v) is 2.56. The van der Waals surface area contributed by atoms with Crippen molar-refractivity contribution in [1.29, 1.82) is 0 Å². The second-order valence-electron chi connectivity index (χ2n) is 4.75. The van der Waals surface area contributed by atoms with Gasteiger partial charge in [-0.3, -0.25) is 14.5 Å². The van der Waals surface area contributed by atoms with Crippen molar-refractivity contribution < 1.29 is 4.39 Å². The van der Waals surface area contributed by atoms with Crippen LogP contribution < -0.4 is 11.3 Å². The number of hydrogen-bond donors (Lipinski definition) is 2. The van der Waals surface area contributed by atoms with Crippen LogP contribution in [0.1, 0.15) is 18.7 Å². The maximum Gasteiger partial charge on any atom is 0.266 e. The lowest BCUT2D eigenvalue weighted by Crippen LogP contribution is -2.26. The largest absolute Gasteiger partial charge is 0.323 e. The smallest absolute Gasteiger partial charge is 0.266 e. The van der Waals surface area contributed by atoms with E-state index in [-0.39, 0.29) is 15.8 Å². The van der Waals surface area contributed by atoms with Crippen molar-refractivity contribution in [2.45, 2.75) is 13.0 Å². The molecule has 1 aromatic carbocycles. The van der Waals surface area contributed by atoms with Crippen LogP contribution in [-0.2, 0) is 0 Å². The SMILES string of the molecule is C[C@H](N)c1cc2c(F)ccc(Cl)c2c(=O)n1-c1cc[nH]n1. The third-order valence-electron chi connectivity index (χ3n) is 3.29. The molecule has 2 aromatic heterocycles. The number of nitrogens with one attached hydrogen (secondary N) is 1. The number of rotatable bonds is 2. The van der Waals surface area contributed by atoms with Crippen molar-refractivity contribution in [2.75, 3.05) is 0 Å². The number of hydrogen-bond acceptors (Lipinski definition) is 3. The highest BCUT2D eigenvalue weighted by atomic mass is 35.5. The molecule has 0 radical (unpaired) electrons. The van der Waals surface area contributed by atoms with Gasteiger partial charge in [-0.25, -0.2) is 4.39 Å². The summed E-state index contributed by atoms with van der Waals surface area (Å²) in [5.74, 6) is -0.128. The van der Waals surface area contributed by atoms with E-state index >= 15 is 0 Å². The molecule has 0 aliphatic rings. The Kier molecular flexibility index (Phi) is 3.27. The Labute approximate surface area is 124 Å². The summed E-state index contributed by atoms with van der Waals surface area (Å²) in [4.78, 5) is 12.7. The average Bonchev–Trinajstić information content (AvgIpc) is 2.95. The maximum absolute atomic E-state index is 14.0. The lowest BCUT2D eigenvalue weighted by atomic mass is 10.1. The molecule has 5 nitrogen and oxygen atoms in total. The molecule has 21 heavy (non-hydrogen) atoms. The van der Waals surface area contributed by atoms with E-state index in [1.165, 1.54) is 22.8 Å². The molecular formula is C14H12ClFN4O. The summed E-state index contributed by atoms with van der Waals surface area (Å²) >= 11 is 6.06. The molecule has 7 heteroatoms. The summed E-state index contributed by atoms with van der Waals surface area (Å²) in [5.41, 5.74) is 5.93. The Morgan fingerprint density at radius 2 is 2.19 bits per heavy atom. The minimum Gasteiger partial charge on any atom is -0.323 e. The number of nitrogens with zero attached hydrogens (tertiary/aromatic N) is 2. The molecule has 0 spiro atoms. The van der Waals surface area contributed by atoms with E-state index in [1.54, 1.807) is 19.2 Å². The fourth-order valence-electron chi connectivity index (χ4n) is 2.32. The molecule has 1 atom stereocenters. The third kappa shape index (κ3) is 2.12. The highest BCUT2D eigenvalue weighted by Gasteiger charge is 2.18. The van der Waals surface area contributed by atoms with Gasteiger partial charge in [-0.1, -0.05) is 11.6 Å². The van der Waals surface area contributed by atoms with Crippen molar-refractivity contribution in [2.24, 2.45) is 5.73 Å². The van der Waals surface area contributed by atoms with E-state index in [1.807, 2.05) is 0 Å². The van der Waals surface area contributed by atoms with Gasteiger partial charge in [-0.2, -0.15) is 5.10 Å². The standard InChI is InChI=1S/C14H12ClFN4O/c1-7(17)11-6-8-10(16)3-2-9(15)13(8)14(21)20(11)12-4-5-18-19-12/h2-7H,17H2,1H3,(H,18,19)/t7-/m0/s1. The fraction of sp³-hybridized carbons (Fsp3) is 0.143. The van der Waals surface area contributed by atoms with Gasteiger partial charge in [-0.05, 0) is 25.1 Å². The zero-order valence-corrected chi connectivity index (χ0v) is 11.9. The van der Waals surface area contributed by atoms with Crippen molar-refractivity contribution >= 4 is 22.4 Å². The van der Waals surface area contributed by atoms with Crippen LogP contribution in [0.2, 0.25) is 5.02 Å². The predicted molar refractivity (Wildman–Crippen MR) is 79.3 cm³/mol. The van der Waals surface area contributed by atoms with Crippen LogP contribution in [0.3, 0.4) is 0 Å². The number of benzene rings is 1. The van der Waals surface area contributed by atoms with Gasteiger partial charge >= 0.3 is 0 Å². The van der Waals surface area contributed by atoms with Crippen LogP contribution in [0.15, 0.2) is 35.3 Å². The minimum absolute atomic E-state index is 0.115. The van der Waals surface area contributed by atoms with Crippen molar-refractivity contribution in [3.63, 3.8) is 0 Å². The first-order chi connectivity index (χ1) is 10.0. The quantitative estimate of drug-likeness (QED) is 0.764. The zero-order valence-electron chi connectivity index (χ0n) is 11.1. The summed E-state index contributed by atoms with van der Waals surface area (Å²) < 4.78 is 15.3. The predicted octanol–water partition coefficient (Wildman–Crippen LogP) is 2.53. The second-order valence-corrected chi connectivity index (χ2v) is 5.16. The molecule has 0 aliphatic heterocycles. The third-order valence-corrected chi connectivity index (χ3v) is 3.61. The van der Waals surface area contributed by atoms with Crippen LogP contribution in [0.5, 0.6) is 0 Å². The molecule has 108 valence electrons. The Morgan fingerprint density at radius 1 is 1.43 bits per heavy atom. The molecule has 0 amide bonds. The van der Waals surface area contributed by atoms with Gasteiger partial charge in [0.15, 0.2) is 5.82 Å². The number of fused-ring (bicyclic) bond motifs is 1. The van der Waals surface area contributed by atoms with Crippen LogP contribution >= 0.6 is 11.6 Å². The van der Waals surface area contributed by atoms with Gasteiger partial charge in [0.25, 0.3) is 5.56 Å². The van der Waals surface area contributed by atoms with Gasteiger partial charge < -0.3 is 5.73 Å². The van der Waals surface area contributed by atoms with Crippen LogP contribution in [-0.4, -0.2) is 14.8 Å². The summed E-state index contributed by atoms with van der Waals surface area (Å²) in [6, 6.07) is 5.29. The van der Waals surface area contributed by atoms with Crippen LogP contribution in [0.4, 0.5) is 4.39 Å². The summed E-state index contributed by atoms with van der Waals surface area (Å²) in [6.45, 7) is 1.71. The first-order valence-electron chi connectivity index (χ1n) is 6.30. The Hall–Kier alpha value is -2.18. The summed E-state index contributed by atoms with van der Waals surface area (Å²) in [5, 5.41) is 7.10. The van der Waals surface area contributed by atoms with Gasteiger partial charge in [0.05, 0.1) is 10.4 Å². The molecule has 2 heterocycles. The lowest BCUT2D eigenvalue weighted by molar-refractivity contribution is 0.638. The maximum atomic E-state index is 14.0. The van der Waals surface area contributed by atoms with Gasteiger partial charge in [-0.15, -0.1) is 0 Å². The van der Waals surface area contributed by atoms with Crippen molar-refractivity contribution in [1.82, 2.24) is 14.8 Å². The molecular weight excluding hydrogens is 295 g/mol. The highest BCUT2D eigenvalue weighted by molar-refractivity contribution is 6.35. The number of aromatic amines is 1. The Bertz CT molecular complexity index is 871. The number of nitrogens with two attached hydrogens (primary N) is 1. The van der Waals surface area contributed by atoms with E-state index in [4.69, 9.17) is 17.3 Å². The highest BCUT2D eigenvalue weighted by Crippen LogP contribution is 2.26. The van der Waals surface area contributed by atoms with E-state index < -0.39 is 17.4 Å². The summed E-state index contributed by atoms with van der Waals surface area (Å²) in [7, 11) is 0.